The van der Waals surface area contributed by atoms with Crippen molar-refractivity contribution in [1.82, 2.24) is 0 Å². The van der Waals surface area contributed by atoms with Crippen molar-refractivity contribution < 1.29 is 22.4 Å². The van der Waals surface area contributed by atoms with Crippen LogP contribution in [0.1, 0.15) is 23.5 Å². The lowest BCUT2D eigenvalue weighted by Crippen LogP contribution is -2.14. The second-order valence-electron chi connectivity index (χ2n) is 4.09. The van der Waals surface area contributed by atoms with Crippen molar-refractivity contribution in [1.29, 1.82) is 0 Å². The predicted molar refractivity (Wildman–Crippen MR) is 51.4 cm³/mol. The molecule has 0 heterocycles. The molecule has 1 fully saturated rings. The lowest BCUT2D eigenvalue weighted by Gasteiger charge is -2.09. The van der Waals surface area contributed by atoms with Crippen LogP contribution in [0.5, 0.6) is 0 Å². The molecule has 1 aromatic carbocycles. The standard InChI is InChI=1S/C11H9F4NO/c12-9-2-1-5(3-8(9)11(13,14)15)6-4-7(6)10(16)17/h1-3,6-7H,4H2,(H2,16,17). The molecular formula is C11H9F4NO. The molecule has 2 atom stereocenters. The van der Waals surface area contributed by atoms with Gasteiger partial charge < -0.3 is 5.73 Å². The normalized spacial score (nSPS) is 23.5. The quantitative estimate of drug-likeness (QED) is 0.801. The molecule has 1 amide bonds. The van der Waals surface area contributed by atoms with E-state index in [1.807, 2.05) is 0 Å². The molecule has 2 nitrogen and oxygen atoms in total. The van der Waals surface area contributed by atoms with E-state index in [0.717, 1.165) is 12.1 Å². The van der Waals surface area contributed by atoms with Crippen LogP contribution in [0.2, 0.25) is 0 Å². The molecule has 17 heavy (non-hydrogen) atoms. The topological polar surface area (TPSA) is 43.1 Å². The van der Waals surface area contributed by atoms with Crippen molar-refractivity contribution in [3.8, 4) is 0 Å². The van der Waals surface area contributed by atoms with E-state index in [-0.39, 0.29) is 5.92 Å². The van der Waals surface area contributed by atoms with Crippen molar-refractivity contribution in [3.63, 3.8) is 0 Å². The summed E-state index contributed by atoms with van der Waals surface area (Å²) in [4.78, 5) is 10.8. The molecule has 1 aliphatic rings. The predicted octanol–water partition coefficient (Wildman–Crippen LogP) is 2.43. The second-order valence-corrected chi connectivity index (χ2v) is 4.09. The third-order valence-corrected chi connectivity index (χ3v) is 2.88. The second kappa shape index (κ2) is 3.72. The summed E-state index contributed by atoms with van der Waals surface area (Å²) < 4.78 is 50.3. The van der Waals surface area contributed by atoms with Crippen molar-refractivity contribution in [3.05, 3.63) is 35.1 Å². The molecule has 0 radical (unpaired) electrons. The molecule has 6 heteroatoms. The number of hydrogen-bond acceptors (Lipinski definition) is 1. The zero-order valence-electron chi connectivity index (χ0n) is 8.59. The number of rotatable bonds is 2. The fraction of sp³-hybridized carbons (Fsp3) is 0.364. The van der Waals surface area contributed by atoms with Crippen molar-refractivity contribution >= 4 is 5.91 Å². The molecule has 1 saturated carbocycles. The monoisotopic (exact) mass is 247 g/mol. The number of hydrogen-bond donors (Lipinski definition) is 1. The Bertz CT molecular complexity index is 469. The minimum absolute atomic E-state index is 0.308. The lowest BCUT2D eigenvalue weighted by atomic mass is 10.0. The van der Waals surface area contributed by atoms with Crippen LogP contribution >= 0.6 is 0 Å². The zero-order valence-corrected chi connectivity index (χ0v) is 8.59. The highest BCUT2D eigenvalue weighted by molar-refractivity contribution is 5.81. The van der Waals surface area contributed by atoms with Gasteiger partial charge in [0.05, 0.1) is 5.56 Å². The Balaban J connectivity index is 2.30. The summed E-state index contributed by atoms with van der Waals surface area (Å²) in [6.07, 6.45) is -4.30. The fourth-order valence-electron chi connectivity index (χ4n) is 1.87. The number of alkyl halides is 3. The molecule has 1 aromatic rings. The van der Waals surface area contributed by atoms with E-state index in [9.17, 15) is 22.4 Å². The first-order valence-electron chi connectivity index (χ1n) is 4.96. The highest BCUT2D eigenvalue weighted by Crippen LogP contribution is 2.48. The third-order valence-electron chi connectivity index (χ3n) is 2.88. The Labute approximate surface area is 94.4 Å². The first-order chi connectivity index (χ1) is 7.80. The molecule has 0 aromatic heterocycles. The molecule has 0 saturated heterocycles. The maximum Gasteiger partial charge on any atom is 0.419 e. The SMILES string of the molecule is NC(=O)C1CC1c1ccc(F)c(C(F)(F)F)c1. The Morgan fingerprint density at radius 2 is 2.00 bits per heavy atom. The van der Waals surface area contributed by atoms with Gasteiger partial charge in [0.1, 0.15) is 5.82 Å². The van der Waals surface area contributed by atoms with Gasteiger partial charge in [0, 0.05) is 5.92 Å². The van der Waals surface area contributed by atoms with E-state index in [1.54, 1.807) is 0 Å². The number of halogens is 4. The van der Waals surface area contributed by atoms with Crippen LogP contribution in [0.3, 0.4) is 0 Å². The number of carbonyl (C=O) groups excluding carboxylic acids is 1. The molecule has 0 bridgehead atoms. The highest BCUT2D eigenvalue weighted by atomic mass is 19.4. The van der Waals surface area contributed by atoms with Gasteiger partial charge in [-0.25, -0.2) is 4.39 Å². The van der Waals surface area contributed by atoms with Gasteiger partial charge in [-0.15, -0.1) is 0 Å². The van der Waals surface area contributed by atoms with Gasteiger partial charge in [0.2, 0.25) is 5.91 Å². The van der Waals surface area contributed by atoms with E-state index in [4.69, 9.17) is 5.73 Å². The lowest BCUT2D eigenvalue weighted by molar-refractivity contribution is -0.140. The van der Waals surface area contributed by atoms with E-state index in [0.29, 0.717) is 12.0 Å². The summed E-state index contributed by atoms with van der Waals surface area (Å²) in [6.45, 7) is 0. The van der Waals surface area contributed by atoms with Gasteiger partial charge in [-0.3, -0.25) is 4.79 Å². The zero-order chi connectivity index (χ0) is 12.8. The largest absolute Gasteiger partial charge is 0.419 e. The minimum atomic E-state index is -4.72. The van der Waals surface area contributed by atoms with Gasteiger partial charge in [0.25, 0.3) is 0 Å². The molecule has 92 valence electrons. The summed E-state index contributed by atoms with van der Waals surface area (Å²) in [7, 11) is 0. The molecular weight excluding hydrogens is 238 g/mol. The number of carbonyl (C=O) groups is 1. The molecule has 0 aliphatic heterocycles. The highest BCUT2D eigenvalue weighted by Gasteiger charge is 2.44. The van der Waals surface area contributed by atoms with Crippen LogP contribution in [0, 0.1) is 11.7 Å². The summed E-state index contributed by atoms with van der Waals surface area (Å²) in [5.41, 5.74) is 4.05. The van der Waals surface area contributed by atoms with Crippen molar-refractivity contribution in [2.45, 2.75) is 18.5 Å². The van der Waals surface area contributed by atoms with E-state index in [2.05, 4.69) is 0 Å². The van der Waals surface area contributed by atoms with Crippen LogP contribution in [-0.2, 0) is 11.0 Å². The minimum Gasteiger partial charge on any atom is -0.369 e. The van der Waals surface area contributed by atoms with Crippen LogP contribution in [0.4, 0.5) is 17.6 Å². The molecule has 1 aliphatic carbocycles. The van der Waals surface area contributed by atoms with Crippen LogP contribution in [0.25, 0.3) is 0 Å². The van der Waals surface area contributed by atoms with Crippen LogP contribution in [-0.4, -0.2) is 5.91 Å². The van der Waals surface area contributed by atoms with Crippen molar-refractivity contribution in [2.75, 3.05) is 0 Å². The van der Waals surface area contributed by atoms with E-state index < -0.39 is 29.4 Å². The number of amides is 1. The van der Waals surface area contributed by atoms with Gasteiger partial charge in [-0.2, -0.15) is 13.2 Å². The number of nitrogens with two attached hydrogens (primary N) is 1. The van der Waals surface area contributed by atoms with Gasteiger partial charge >= 0.3 is 6.18 Å². The Morgan fingerprint density at radius 1 is 1.35 bits per heavy atom. The van der Waals surface area contributed by atoms with Gasteiger partial charge in [-0.1, -0.05) is 6.07 Å². The van der Waals surface area contributed by atoms with Gasteiger partial charge in [0.15, 0.2) is 0 Å². The number of primary amides is 1. The Hall–Kier alpha value is -1.59. The summed E-state index contributed by atoms with van der Waals surface area (Å²) >= 11 is 0. The van der Waals surface area contributed by atoms with Crippen LogP contribution in [0.15, 0.2) is 18.2 Å². The number of benzene rings is 1. The van der Waals surface area contributed by atoms with Crippen molar-refractivity contribution in [2.24, 2.45) is 11.7 Å². The summed E-state index contributed by atoms with van der Waals surface area (Å²) in [5, 5.41) is 0. The average Bonchev–Trinajstić information content (AvgIpc) is 2.96. The molecule has 2 N–H and O–H groups in total. The van der Waals surface area contributed by atoms with Gasteiger partial charge in [-0.05, 0) is 30.0 Å². The first-order valence-corrected chi connectivity index (χ1v) is 4.96. The third kappa shape index (κ3) is 2.25. The Morgan fingerprint density at radius 3 is 2.47 bits per heavy atom. The fourth-order valence-corrected chi connectivity index (χ4v) is 1.87. The first kappa shape index (κ1) is 11.9. The van der Waals surface area contributed by atoms with E-state index in [1.165, 1.54) is 6.07 Å². The molecule has 0 spiro atoms. The maximum absolute atomic E-state index is 13.0. The summed E-state index contributed by atoms with van der Waals surface area (Å²) in [5.74, 6) is -2.58. The van der Waals surface area contributed by atoms with Crippen LogP contribution < -0.4 is 5.73 Å². The maximum atomic E-state index is 13.0. The Kier molecular flexibility index (Phi) is 2.60. The average molecular weight is 247 g/mol. The smallest absolute Gasteiger partial charge is 0.369 e. The summed E-state index contributed by atoms with van der Waals surface area (Å²) in [6, 6.07) is 2.79. The molecule has 2 unspecified atom stereocenters. The van der Waals surface area contributed by atoms with E-state index >= 15 is 0 Å². The molecule has 2 rings (SSSR count).